The van der Waals surface area contributed by atoms with Gasteiger partial charge in [0.15, 0.2) is 16.9 Å². The molecule has 2 aromatic carbocycles. The monoisotopic (exact) mass is 451 g/mol. The zero-order valence-electron chi connectivity index (χ0n) is 14.6. The molecule has 1 amide bonds. The topological polar surface area (TPSA) is 93.5 Å². The Hall–Kier alpha value is -2.65. The van der Waals surface area contributed by atoms with Crippen molar-refractivity contribution in [2.45, 2.75) is 11.8 Å². The van der Waals surface area contributed by atoms with Gasteiger partial charge in [-0.05, 0) is 42.5 Å². The molecule has 0 aliphatic heterocycles. The molecule has 0 aliphatic carbocycles. The largest absolute Gasteiger partial charge is 0.495 e. The second-order valence-corrected chi connectivity index (χ2v) is 7.15. The minimum Gasteiger partial charge on any atom is -0.495 e. The second-order valence-electron chi connectivity index (χ2n) is 5.06. The van der Waals surface area contributed by atoms with Gasteiger partial charge in [0.05, 0.1) is 13.3 Å². The first kappa shape index (κ1) is 20.7. The van der Waals surface area contributed by atoms with E-state index < -0.39 is 11.0 Å². The Morgan fingerprint density at radius 2 is 1.89 bits per heavy atom. The summed E-state index contributed by atoms with van der Waals surface area (Å²) in [6.45, 7) is 1.81. The first-order chi connectivity index (χ1) is 13.0. The number of nitrogens with zero attached hydrogens (tertiary/aromatic N) is 1. The van der Waals surface area contributed by atoms with Crippen LogP contribution in [0.1, 0.15) is 5.89 Å². The third-order valence-corrected chi connectivity index (χ3v) is 4.87. The number of ether oxygens (including phenoxy) is 1. The Morgan fingerprint density at radius 1 is 1.19 bits per heavy atom. The van der Waals surface area contributed by atoms with Crippen LogP contribution >= 0.6 is 15.9 Å². The van der Waals surface area contributed by atoms with Gasteiger partial charge in [-0.1, -0.05) is 15.9 Å². The molecule has 0 radical (unpaired) electrons. The highest BCUT2D eigenvalue weighted by atomic mass is 79.9. The maximum Gasteiger partial charge on any atom is 0.211 e. The zero-order chi connectivity index (χ0) is 19.6. The lowest BCUT2D eigenvalue weighted by Gasteiger charge is -2.11. The number of amides is 1. The predicted molar refractivity (Wildman–Crippen MR) is 108 cm³/mol. The summed E-state index contributed by atoms with van der Waals surface area (Å²) in [5, 5.41) is 2.52. The molecule has 1 aromatic heterocycles. The molecule has 1 heterocycles. The number of hydrogen-bond acceptors (Lipinski definition) is 5. The Labute approximate surface area is 167 Å². The van der Waals surface area contributed by atoms with Crippen molar-refractivity contribution in [2.75, 3.05) is 17.1 Å². The number of nitrogens with one attached hydrogen (secondary N) is 2. The third-order valence-electron chi connectivity index (χ3n) is 3.20. The maximum atomic E-state index is 12.4. The molecule has 0 spiro atoms. The smallest absolute Gasteiger partial charge is 0.211 e. The van der Waals surface area contributed by atoms with Gasteiger partial charge in [0.2, 0.25) is 6.41 Å². The lowest BCUT2D eigenvalue weighted by Crippen LogP contribution is -2.07. The molecule has 0 aliphatic rings. The van der Waals surface area contributed by atoms with Crippen molar-refractivity contribution in [3.8, 4) is 5.75 Å². The van der Waals surface area contributed by atoms with Gasteiger partial charge in [-0.3, -0.25) is 4.79 Å². The lowest BCUT2D eigenvalue weighted by molar-refractivity contribution is -0.105. The van der Waals surface area contributed by atoms with Gasteiger partial charge >= 0.3 is 0 Å². The molecule has 1 atom stereocenters. The fourth-order valence-electron chi connectivity index (χ4n) is 1.95. The number of aryl methyl sites for hydroxylation is 1. The van der Waals surface area contributed by atoms with Crippen LogP contribution < -0.4 is 14.8 Å². The van der Waals surface area contributed by atoms with E-state index in [1.54, 1.807) is 37.6 Å². The fourth-order valence-corrected chi connectivity index (χ4v) is 3.25. The normalized spacial score (nSPS) is 10.9. The molecule has 0 saturated heterocycles. The van der Waals surface area contributed by atoms with Crippen LogP contribution in [0.25, 0.3) is 0 Å². The minimum atomic E-state index is -1.51. The van der Waals surface area contributed by atoms with Crippen LogP contribution in [0.2, 0.25) is 0 Å². The van der Waals surface area contributed by atoms with Crippen molar-refractivity contribution >= 4 is 44.7 Å². The summed E-state index contributed by atoms with van der Waals surface area (Å²) in [6.07, 6.45) is 3.74. The van der Waals surface area contributed by atoms with E-state index in [1.165, 1.54) is 7.11 Å². The standard InChI is InChI=1S/C14H13BrN2O3S.C4H5NO/c1-20-13-7-6-12(16-9-18)8-14(13)21(19)17-11-4-2-10(15)3-5-11;1-4-5-2-3-6-4/h2-9,17H,1H3,(H,16,18);2-3H,1H3. The number of carbonyl (C=O) groups excluding carboxylic acids is 1. The van der Waals surface area contributed by atoms with Crippen molar-refractivity contribution in [1.82, 2.24) is 4.98 Å². The van der Waals surface area contributed by atoms with E-state index in [9.17, 15) is 9.00 Å². The van der Waals surface area contributed by atoms with Gasteiger partial charge in [-0.15, -0.1) is 0 Å². The number of halogens is 1. The van der Waals surface area contributed by atoms with Gasteiger partial charge in [0, 0.05) is 22.8 Å². The van der Waals surface area contributed by atoms with Crippen LogP contribution in [0.15, 0.2) is 68.7 Å². The van der Waals surface area contributed by atoms with Crippen LogP contribution in [0, 0.1) is 6.92 Å². The van der Waals surface area contributed by atoms with Crippen molar-refractivity contribution in [1.29, 1.82) is 0 Å². The minimum absolute atomic E-state index is 0.451. The van der Waals surface area contributed by atoms with Gasteiger partial charge in [-0.25, -0.2) is 9.19 Å². The van der Waals surface area contributed by atoms with Gasteiger partial charge in [0.25, 0.3) is 0 Å². The number of methoxy groups -OCH3 is 1. The van der Waals surface area contributed by atoms with Crippen molar-refractivity contribution in [3.63, 3.8) is 0 Å². The SMILES string of the molecule is COc1ccc(NC=O)cc1S(=O)Nc1ccc(Br)cc1.Cc1ncco1. The molecule has 7 nitrogen and oxygen atoms in total. The highest BCUT2D eigenvalue weighted by Gasteiger charge is 2.12. The van der Waals surface area contributed by atoms with Gasteiger partial charge < -0.3 is 19.2 Å². The number of oxazole rings is 1. The first-order valence-corrected chi connectivity index (χ1v) is 9.66. The molecule has 9 heteroatoms. The third kappa shape index (κ3) is 6.54. The van der Waals surface area contributed by atoms with Crippen LogP contribution in [-0.4, -0.2) is 22.7 Å². The number of aromatic nitrogens is 1. The van der Waals surface area contributed by atoms with Crippen LogP contribution in [0.4, 0.5) is 11.4 Å². The summed E-state index contributed by atoms with van der Waals surface area (Å²) in [6, 6.07) is 12.2. The highest BCUT2D eigenvalue weighted by molar-refractivity contribution is 9.10. The maximum absolute atomic E-state index is 12.4. The van der Waals surface area contributed by atoms with Crippen molar-refractivity contribution in [2.24, 2.45) is 0 Å². The van der Waals surface area contributed by atoms with E-state index in [2.05, 4.69) is 31.0 Å². The summed E-state index contributed by atoms with van der Waals surface area (Å²) < 4.78 is 26.2. The molecular weight excluding hydrogens is 434 g/mol. The molecule has 27 heavy (non-hydrogen) atoms. The van der Waals surface area contributed by atoms with E-state index in [0.717, 1.165) is 10.4 Å². The number of rotatable bonds is 6. The van der Waals surface area contributed by atoms with E-state index in [4.69, 9.17) is 9.15 Å². The molecule has 142 valence electrons. The Kier molecular flexibility index (Phi) is 8.02. The number of hydrogen-bond donors (Lipinski definition) is 2. The Morgan fingerprint density at radius 3 is 2.41 bits per heavy atom. The Balaban J connectivity index is 0.000000369. The summed E-state index contributed by atoms with van der Waals surface area (Å²) in [5.41, 5.74) is 1.26. The summed E-state index contributed by atoms with van der Waals surface area (Å²) in [7, 11) is -0.0101. The zero-order valence-corrected chi connectivity index (χ0v) is 17.0. The van der Waals surface area contributed by atoms with Crippen LogP contribution in [0.5, 0.6) is 5.75 Å². The van der Waals surface area contributed by atoms with Crippen molar-refractivity contribution in [3.05, 3.63) is 65.3 Å². The highest BCUT2D eigenvalue weighted by Crippen LogP contribution is 2.27. The molecule has 3 aromatic rings. The molecule has 0 bridgehead atoms. The molecule has 0 saturated carbocycles. The lowest BCUT2D eigenvalue weighted by atomic mass is 10.3. The average molecular weight is 452 g/mol. The number of benzene rings is 2. The van der Waals surface area contributed by atoms with Gasteiger partial charge in [0.1, 0.15) is 16.9 Å². The van der Waals surface area contributed by atoms with E-state index in [1.807, 2.05) is 24.3 Å². The quantitative estimate of drug-likeness (QED) is 0.549. The van der Waals surface area contributed by atoms with Crippen LogP contribution in [0.3, 0.4) is 0 Å². The first-order valence-electron chi connectivity index (χ1n) is 7.72. The Bertz CT molecular complexity index is 886. The molecule has 2 N–H and O–H groups in total. The molecule has 3 rings (SSSR count). The van der Waals surface area contributed by atoms with Crippen molar-refractivity contribution < 1.29 is 18.2 Å². The van der Waals surface area contributed by atoms with Crippen LogP contribution in [-0.2, 0) is 15.8 Å². The second kappa shape index (κ2) is 10.5. The van der Waals surface area contributed by atoms with E-state index >= 15 is 0 Å². The molecular formula is C18H18BrN3O4S. The number of anilines is 2. The summed E-state index contributed by atoms with van der Waals surface area (Å²) >= 11 is 3.34. The summed E-state index contributed by atoms with van der Waals surface area (Å²) in [5.74, 6) is 1.20. The number of carbonyl (C=O) groups is 1. The van der Waals surface area contributed by atoms with E-state index in [-0.39, 0.29) is 0 Å². The average Bonchev–Trinajstić information content (AvgIpc) is 3.15. The van der Waals surface area contributed by atoms with Gasteiger partial charge in [-0.2, -0.15) is 0 Å². The summed E-state index contributed by atoms with van der Waals surface area (Å²) in [4.78, 5) is 14.7. The molecule has 0 fully saturated rings. The fraction of sp³-hybridized carbons (Fsp3) is 0.111. The van der Waals surface area contributed by atoms with E-state index in [0.29, 0.717) is 28.4 Å². The molecule has 1 unspecified atom stereocenters. The predicted octanol–water partition coefficient (Wildman–Crippen LogP) is 4.14.